The molecule has 3 rings (SSSR count). The number of fused-ring (bicyclic) bond motifs is 1. The van der Waals surface area contributed by atoms with Crippen LogP contribution in [0.5, 0.6) is 0 Å². The van der Waals surface area contributed by atoms with Crippen molar-refractivity contribution in [1.82, 2.24) is 9.97 Å². The molecule has 26 heavy (non-hydrogen) atoms. The molecule has 0 atom stereocenters. The monoisotopic (exact) mass is 428 g/mol. The molecule has 5 nitrogen and oxygen atoms in total. The van der Waals surface area contributed by atoms with E-state index in [9.17, 15) is 9.59 Å². The van der Waals surface area contributed by atoms with Crippen molar-refractivity contribution in [3.8, 4) is 0 Å². The van der Waals surface area contributed by atoms with Crippen molar-refractivity contribution in [3.63, 3.8) is 0 Å². The normalized spacial score (nSPS) is 11.8. The summed E-state index contributed by atoms with van der Waals surface area (Å²) in [5.41, 5.74) is 0.720. The fraction of sp³-hybridized carbons (Fsp3) is 0.118. The van der Waals surface area contributed by atoms with Crippen LogP contribution in [0.4, 0.5) is 0 Å². The molecule has 0 unspecified atom stereocenters. The Labute approximate surface area is 167 Å². The summed E-state index contributed by atoms with van der Waals surface area (Å²) in [7, 11) is 1.28. The number of aromatic amines is 1. The number of hydrogen-bond acceptors (Lipinski definition) is 5. The fourth-order valence-corrected chi connectivity index (χ4v) is 4.05. The highest BCUT2D eigenvalue weighted by molar-refractivity contribution is 7.20. The number of carbonyl (C=O) groups excluding carboxylic acids is 1. The van der Waals surface area contributed by atoms with E-state index < -0.39 is 11.5 Å². The molecule has 3 aromatic rings. The molecule has 0 aliphatic rings. The molecular formula is C17H11Cl3N2O3S. The van der Waals surface area contributed by atoms with Crippen LogP contribution >= 0.6 is 46.1 Å². The quantitative estimate of drug-likeness (QED) is 0.586. The predicted molar refractivity (Wildman–Crippen MR) is 107 cm³/mol. The summed E-state index contributed by atoms with van der Waals surface area (Å²) in [5, 5.41) is 1.25. The molecule has 1 aromatic carbocycles. The molecule has 2 aromatic heterocycles. The molecule has 0 saturated heterocycles. The second-order valence-corrected chi connectivity index (χ2v) is 7.47. The molecular weight excluding hydrogens is 419 g/mol. The number of methoxy groups -OCH3 is 1. The standard InChI is InChI=1S/C17H11Cl3N2O3S/c1-7-11-15(23)21-14(22-16(11)26-13(7)17(24)25-2)10(19)6-8-4-3-5-9(18)12(8)20/h3-6H,1-2H3,(H,21,22,23)/b10-6-. The summed E-state index contributed by atoms with van der Waals surface area (Å²) in [4.78, 5) is 32.0. The third-order valence-corrected chi connectivity index (χ3v) is 5.95. The van der Waals surface area contributed by atoms with Crippen molar-refractivity contribution in [2.24, 2.45) is 0 Å². The Balaban J connectivity index is 2.14. The van der Waals surface area contributed by atoms with E-state index in [1.54, 1.807) is 31.2 Å². The van der Waals surface area contributed by atoms with E-state index >= 15 is 0 Å². The first-order chi connectivity index (χ1) is 12.3. The van der Waals surface area contributed by atoms with Gasteiger partial charge in [0, 0.05) is 0 Å². The van der Waals surface area contributed by atoms with Crippen molar-refractivity contribution >= 4 is 73.4 Å². The van der Waals surface area contributed by atoms with Crippen LogP contribution in [0.3, 0.4) is 0 Å². The van der Waals surface area contributed by atoms with Gasteiger partial charge in [0.15, 0.2) is 5.82 Å². The summed E-state index contributed by atoms with van der Waals surface area (Å²) >= 11 is 19.5. The average Bonchev–Trinajstić information content (AvgIpc) is 2.95. The molecule has 9 heteroatoms. The second kappa shape index (κ2) is 7.40. The summed E-state index contributed by atoms with van der Waals surface area (Å²) in [5.74, 6) is -0.350. The van der Waals surface area contributed by atoms with Gasteiger partial charge in [-0.1, -0.05) is 46.9 Å². The van der Waals surface area contributed by atoms with Crippen molar-refractivity contribution in [3.05, 3.63) is 60.4 Å². The molecule has 0 radical (unpaired) electrons. The predicted octanol–water partition coefficient (Wildman–Crippen LogP) is 5.12. The number of halogens is 3. The Hall–Kier alpha value is -1.86. The number of esters is 1. The van der Waals surface area contributed by atoms with Crippen LogP contribution in [0.15, 0.2) is 23.0 Å². The van der Waals surface area contributed by atoms with E-state index in [1.165, 1.54) is 7.11 Å². The molecule has 0 amide bonds. The van der Waals surface area contributed by atoms with Gasteiger partial charge in [0.2, 0.25) is 0 Å². The number of nitrogens with one attached hydrogen (secondary N) is 1. The van der Waals surface area contributed by atoms with E-state index in [1.807, 2.05) is 0 Å². The molecule has 1 N–H and O–H groups in total. The van der Waals surface area contributed by atoms with Crippen molar-refractivity contribution in [2.45, 2.75) is 6.92 Å². The summed E-state index contributed by atoms with van der Waals surface area (Å²) in [6, 6.07) is 5.12. The number of aromatic nitrogens is 2. The topological polar surface area (TPSA) is 72.0 Å². The highest BCUT2D eigenvalue weighted by Crippen LogP contribution is 2.31. The summed E-state index contributed by atoms with van der Waals surface area (Å²) < 4.78 is 4.73. The molecule has 0 spiro atoms. The van der Waals surface area contributed by atoms with Crippen molar-refractivity contribution in [2.75, 3.05) is 7.11 Å². The molecule has 0 bridgehead atoms. The van der Waals surface area contributed by atoms with E-state index in [4.69, 9.17) is 39.5 Å². The van der Waals surface area contributed by atoms with Crippen LogP contribution in [0.1, 0.15) is 26.6 Å². The van der Waals surface area contributed by atoms with Crippen LogP contribution < -0.4 is 5.56 Å². The highest BCUT2D eigenvalue weighted by Gasteiger charge is 2.20. The van der Waals surface area contributed by atoms with Gasteiger partial charge in [0.05, 0.1) is 27.6 Å². The lowest BCUT2D eigenvalue weighted by Gasteiger charge is -2.03. The molecule has 134 valence electrons. The van der Waals surface area contributed by atoms with Gasteiger partial charge in [-0.3, -0.25) is 4.79 Å². The number of aryl methyl sites for hydroxylation is 1. The third kappa shape index (κ3) is 3.38. The van der Waals surface area contributed by atoms with Crippen LogP contribution in [0, 0.1) is 6.92 Å². The first kappa shape index (κ1) is 18.9. The van der Waals surface area contributed by atoms with Gasteiger partial charge in [-0.15, -0.1) is 11.3 Å². The number of benzene rings is 1. The number of nitrogens with zero attached hydrogens (tertiary/aromatic N) is 1. The lowest BCUT2D eigenvalue weighted by molar-refractivity contribution is 0.0605. The first-order valence-electron chi connectivity index (χ1n) is 7.26. The van der Waals surface area contributed by atoms with Crippen LogP contribution in [0.2, 0.25) is 10.0 Å². The number of hydrogen-bond donors (Lipinski definition) is 1. The minimum atomic E-state index is -0.515. The Morgan fingerprint density at radius 2 is 2.08 bits per heavy atom. The maximum atomic E-state index is 12.4. The van der Waals surface area contributed by atoms with E-state index in [-0.39, 0.29) is 10.9 Å². The zero-order valence-electron chi connectivity index (χ0n) is 13.5. The summed E-state index contributed by atoms with van der Waals surface area (Å²) in [6.07, 6.45) is 1.56. The maximum absolute atomic E-state index is 12.4. The van der Waals surface area contributed by atoms with E-state index in [0.717, 1.165) is 11.3 Å². The largest absolute Gasteiger partial charge is 0.465 e. The Morgan fingerprint density at radius 1 is 1.35 bits per heavy atom. The molecule has 0 aliphatic carbocycles. The average molecular weight is 430 g/mol. The molecule has 0 aliphatic heterocycles. The van der Waals surface area contributed by atoms with Crippen LogP contribution in [-0.2, 0) is 4.74 Å². The number of carbonyl (C=O) groups is 1. The van der Waals surface area contributed by atoms with E-state index in [2.05, 4.69) is 9.97 Å². The minimum Gasteiger partial charge on any atom is -0.465 e. The SMILES string of the molecule is COC(=O)c1sc2nc(/C(Cl)=C/c3cccc(Cl)c3Cl)[nH]c(=O)c2c1C. The zero-order valence-corrected chi connectivity index (χ0v) is 16.6. The maximum Gasteiger partial charge on any atom is 0.348 e. The summed E-state index contributed by atoms with van der Waals surface area (Å²) in [6.45, 7) is 1.67. The van der Waals surface area contributed by atoms with Gasteiger partial charge in [-0.05, 0) is 30.2 Å². The number of ether oxygens (including phenoxy) is 1. The Kier molecular flexibility index (Phi) is 5.39. The molecule has 2 heterocycles. The van der Waals surface area contributed by atoms with Gasteiger partial charge >= 0.3 is 5.97 Å². The van der Waals surface area contributed by atoms with Crippen LogP contribution in [-0.4, -0.2) is 23.0 Å². The lowest BCUT2D eigenvalue weighted by atomic mass is 10.2. The van der Waals surface area contributed by atoms with Gasteiger partial charge in [-0.2, -0.15) is 0 Å². The molecule has 0 saturated carbocycles. The molecule has 0 fully saturated rings. The number of rotatable bonds is 3. The lowest BCUT2D eigenvalue weighted by Crippen LogP contribution is -2.10. The van der Waals surface area contributed by atoms with Gasteiger partial charge in [-0.25, -0.2) is 9.78 Å². The van der Waals surface area contributed by atoms with E-state index in [0.29, 0.717) is 36.3 Å². The van der Waals surface area contributed by atoms with Crippen LogP contribution in [0.25, 0.3) is 21.3 Å². The van der Waals surface area contributed by atoms with Crippen molar-refractivity contribution < 1.29 is 9.53 Å². The highest BCUT2D eigenvalue weighted by atomic mass is 35.5. The first-order valence-corrected chi connectivity index (χ1v) is 9.21. The minimum absolute atomic E-state index is 0.165. The number of thiophene rings is 1. The number of H-pyrrole nitrogens is 1. The Morgan fingerprint density at radius 3 is 2.77 bits per heavy atom. The van der Waals surface area contributed by atoms with Gasteiger partial charge < -0.3 is 9.72 Å². The Bertz CT molecular complexity index is 1120. The smallest absolute Gasteiger partial charge is 0.348 e. The fourth-order valence-electron chi connectivity index (χ4n) is 2.38. The van der Waals surface area contributed by atoms with Gasteiger partial charge in [0.1, 0.15) is 9.71 Å². The third-order valence-electron chi connectivity index (χ3n) is 3.66. The second-order valence-electron chi connectivity index (χ2n) is 5.28. The zero-order chi connectivity index (χ0) is 19.0. The van der Waals surface area contributed by atoms with Gasteiger partial charge in [0.25, 0.3) is 5.56 Å². The van der Waals surface area contributed by atoms with Crippen molar-refractivity contribution in [1.29, 1.82) is 0 Å².